The van der Waals surface area contributed by atoms with Crippen LogP contribution in [0.3, 0.4) is 0 Å². The molecular weight excluding hydrogens is 210 g/mol. The van der Waals surface area contributed by atoms with Gasteiger partial charge in [0.15, 0.2) is 11.5 Å². The van der Waals surface area contributed by atoms with Crippen molar-refractivity contribution < 1.29 is 19.4 Å². The molecule has 1 rings (SSSR count). The maximum absolute atomic E-state index is 10.7. The zero-order valence-corrected chi connectivity index (χ0v) is 9.27. The molecule has 1 unspecified atom stereocenters. The maximum atomic E-state index is 10.7. The van der Waals surface area contributed by atoms with Gasteiger partial charge in [0.05, 0.1) is 26.9 Å². The number of aliphatic hydroxyl groups excluding tert-OH is 1. The fourth-order valence-corrected chi connectivity index (χ4v) is 1.46. The average Bonchev–Trinajstić information content (AvgIpc) is 2.35. The first-order valence-electron chi connectivity index (χ1n) is 4.75. The molecule has 0 fully saturated rings. The Bertz CT molecular complexity index is 378. The van der Waals surface area contributed by atoms with E-state index < -0.39 is 6.04 Å². The molecular formula is C11H15NO4. The number of hydrogen-bond donors (Lipinski definition) is 2. The standard InChI is InChI=1S/C11H15NO4/c1-15-10-4-7(5-13)3-8(9(12)6-14)11(10)16-2/h3-5,9,14H,6,12H2,1-2H3. The molecule has 0 heterocycles. The van der Waals surface area contributed by atoms with Crippen molar-refractivity contribution in [3.05, 3.63) is 23.3 Å². The van der Waals surface area contributed by atoms with Crippen LogP contribution in [0.5, 0.6) is 11.5 Å². The summed E-state index contributed by atoms with van der Waals surface area (Å²) in [4.78, 5) is 10.7. The fraction of sp³-hybridized carbons (Fsp3) is 0.364. The van der Waals surface area contributed by atoms with Gasteiger partial charge in [0.1, 0.15) is 6.29 Å². The molecule has 1 aromatic carbocycles. The third-order valence-electron chi connectivity index (χ3n) is 2.26. The lowest BCUT2D eigenvalue weighted by atomic mass is 10.0. The van der Waals surface area contributed by atoms with Crippen LogP contribution >= 0.6 is 0 Å². The molecule has 0 aromatic heterocycles. The Hall–Kier alpha value is -1.59. The van der Waals surface area contributed by atoms with E-state index in [1.807, 2.05) is 0 Å². The zero-order valence-electron chi connectivity index (χ0n) is 9.27. The van der Waals surface area contributed by atoms with Crippen LogP contribution in [0.2, 0.25) is 0 Å². The second kappa shape index (κ2) is 5.48. The Morgan fingerprint density at radius 2 is 2.12 bits per heavy atom. The van der Waals surface area contributed by atoms with Crippen LogP contribution in [0.25, 0.3) is 0 Å². The molecule has 0 aliphatic heterocycles. The second-order valence-electron chi connectivity index (χ2n) is 3.25. The Morgan fingerprint density at radius 1 is 1.44 bits per heavy atom. The second-order valence-corrected chi connectivity index (χ2v) is 3.25. The Balaban J connectivity index is 3.36. The van der Waals surface area contributed by atoms with E-state index in [4.69, 9.17) is 20.3 Å². The molecule has 0 bridgehead atoms. The van der Waals surface area contributed by atoms with E-state index in [2.05, 4.69) is 0 Å². The number of benzene rings is 1. The summed E-state index contributed by atoms with van der Waals surface area (Å²) in [6.45, 7) is -0.234. The smallest absolute Gasteiger partial charge is 0.165 e. The lowest BCUT2D eigenvalue weighted by Gasteiger charge is -2.17. The molecule has 1 aromatic rings. The van der Waals surface area contributed by atoms with Gasteiger partial charge in [-0.05, 0) is 12.1 Å². The SMILES string of the molecule is COc1cc(C=O)cc(C(N)CO)c1OC. The predicted octanol–water partition coefficient (Wildman–Crippen LogP) is 0.508. The maximum Gasteiger partial charge on any atom is 0.165 e. The van der Waals surface area contributed by atoms with Gasteiger partial charge in [-0.1, -0.05) is 0 Å². The number of carbonyl (C=O) groups is 1. The average molecular weight is 225 g/mol. The summed E-state index contributed by atoms with van der Waals surface area (Å²) >= 11 is 0. The molecule has 0 amide bonds. The number of nitrogens with two attached hydrogens (primary N) is 1. The van der Waals surface area contributed by atoms with E-state index in [0.29, 0.717) is 28.9 Å². The van der Waals surface area contributed by atoms with Gasteiger partial charge in [-0.2, -0.15) is 0 Å². The van der Waals surface area contributed by atoms with Crippen LogP contribution in [-0.4, -0.2) is 32.2 Å². The van der Waals surface area contributed by atoms with E-state index in [1.165, 1.54) is 14.2 Å². The van der Waals surface area contributed by atoms with E-state index >= 15 is 0 Å². The number of aldehydes is 1. The third-order valence-corrected chi connectivity index (χ3v) is 2.26. The number of rotatable bonds is 5. The Morgan fingerprint density at radius 3 is 2.56 bits per heavy atom. The number of carbonyl (C=O) groups excluding carboxylic acids is 1. The fourth-order valence-electron chi connectivity index (χ4n) is 1.46. The number of methoxy groups -OCH3 is 2. The van der Waals surface area contributed by atoms with E-state index in [-0.39, 0.29) is 6.61 Å². The van der Waals surface area contributed by atoms with Gasteiger partial charge in [0, 0.05) is 11.1 Å². The summed E-state index contributed by atoms with van der Waals surface area (Å²) in [5.41, 5.74) is 6.69. The minimum absolute atomic E-state index is 0.234. The van der Waals surface area contributed by atoms with Crippen LogP contribution < -0.4 is 15.2 Å². The molecule has 5 heteroatoms. The third kappa shape index (κ3) is 2.32. The van der Waals surface area contributed by atoms with Gasteiger partial charge in [0.25, 0.3) is 0 Å². The van der Waals surface area contributed by atoms with E-state index in [0.717, 1.165) is 0 Å². The predicted molar refractivity (Wildman–Crippen MR) is 58.9 cm³/mol. The highest BCUT2D eigenvalue weighted by Gasteiger charge is 2.17. The lowest BCUT2D eigenvalue weighted by molar-refractivity contribution is 0.112. The van der Waals surface area contributed by atoms with Gasteiger partial charge in [-0.3, -0.25) is 4.79 Å². The minimum Gasteiger partial charge on any atom is -0.493 e. The molecule has 0 spiro atoms. The van der Waals surface area contributed by atoms with Gasteiger partial charge in [-0.25, -0.2) is 0 Å². The van der Waals surface area contributed by atoms with Crippen LogP contribution in [0.15, 0.2) is 12.1 Å². The van der Waals surface area contributed by atoms with Crippen LogP contribution in [0.1, 0.15) is 22.0 Å². The Labute approximate surface area is 93.8 Å². The van der Waals surface area contributed by atoms with E-state index in [9.17, 15) is 4.79 Å². The van der Waals surface area contributed by atoms with Crippen LogP contribution in [-0.2, 0) is 0 Å². The number of hydrogen-bond acceptors (Lipinski definition) is 5. The highest BCUT2D eigenvalue weighted by molar-refractivity contribution is 5.77. The number of aliphatic hydroxyl groups is 1. The van der Waals surface area contributed by atoms with Gasteiger partial charge >= 0.3 is 0 Å². The topological polar surface area (TPSA) is 81.8 Å². The summed E-state index contributed by atoms with van der Waals surface area (Å²) in [7, 11) is 2.95. The summed E-state index contributed by atoms with van der Waals surface area (Å²) in [6, 6.07) is 2.53. The molecule has 0 aliphatic carbocycles. The van der Waals surface area contributed by atoms with Gasteiger partial charge < -0.3 is 20.3 Å². The Kier molecular flexibility index (Phi) is 4.28. The van der Waals surface area contributed by atoms with Crippen molar-refractivity contribution in [1.82, 2.24) is 0 Å². The zero-order chi connectivity index (χ0) is 12.1. The molecule has 5 nitrogen and oxygen atoms in total. The molecule has 16 heavy (non-hydrogen) atoms. The van der Waals surface area contributed by atoms with Gasteiger partial charge in [0.2, 0.25) is 0 Å². The highest BCUT2D eigenvalue weighted by Crippen LogP contribution is 2.35. The van der Waals surface area contributed by atoms with E-state index in [1.54, 1.807) is 12.1 Å². The lowest BCUT2D eigenvalue weighted by Crippen LogP contribution is -2.16. The van der Waals surface area contributed by atoms with Crippen molar-refractivity contribution in [1.29, 1.82) is 0 Å². The summed E-state index contributed by atoms with van der Waals surface area (Å²) < 4.78 is 10.3. The monoisotopic (exact) mass is 225 g/mol. The molecule has 3 N–H and O–H groups in total. The first-order chi connectivity index (χ1) is 7.67. The largest absolute Gasteiger partial charge is 0.493 e. The molecule has 0 radical (unpaired) electrons. The normalized spacial score (nSPS) is 12.0. The van der Waals surface area contributed by atoms with Crippen molar-refractivity contribution in [2.75, 3.05) is 20.8 Å². The summed E-state index contributed by atoms with van der Waals surface area (Å²) in [5.74, 6) is 0.862. The first-order valence-corrected chi connectivity index (χ1v) is 4.75. The first kappa shape index (κ1) is 12.5. The summed E-state index contributed by atoms with van der Waals surface area (Å²) in [6.07, 6.45) is 0.690. The molecule has 0 saturated heterocycles. The van der Waals surface area contributed by atoms with Gasteiger partial charge in [-0.15, -0.1) is 0 Å². The van der Waals surface area contributed by atoms with Crippen molar-refractivity contribution in [2.24, 2.45) is 5.73 Å². The number of ether oxygens (including phenoxy) is 2. The molecule has 88 valence electrons. The summed E-state index contributed by atoms with van der Waals surface area (Å²) in [5, 5.41) is 9.03. The van der Waals surface area contributed by atoms with Crippen molar-refractivity contribution >= 4 is 6.29 Å². The quantitative estimate of drug-likeness (QED) is 0.713. The van der Waals surface area contributed by atoms with Crippen molar-refractivity contribution in [2.45, 2.75) is 6.04 Å². The highest BCUT2D eigenvalue weighted by atomic mass is 16.5. The van der Waals surface area contributed by atoms with Crippen LogP contribution in [0, 0.1) is 0 Å². The van der Waals surface area contributed by atoms with Crippen molar-refractivity contribution in [3.8, 4) is 11.5 Å². The molecule has 1 atom stereocenters. The van der Waals surface area contributed by atoms with Crippen molar-refractivity contribution in [3.63, 3.8) is 0 Å². The van der Waals surface area contributed by atoms with Crippen LogP contribution in [0.4, 0.5) is 0 Å². The molecule has 0 aliphatic rings. The molecule has 0 saturated carbocycles. The minimum atomic E-state index is -0.608.